The molecule has 1 aliphatic carbocycles. The van der Waals surface area contributed by atoms with Gasteiger partial charge in [-0.05, 0) is 40.3 Å². The van der Waals surface area contributed by atoms with Crippen LogP contribution < -0.4 is 0 Å². The number of benzene rings is 2. The maximum atomic E-state index is 2.47. The second-order valence-electron chi connectivity index (χ2n) is 6.83. The summed E-state index contributed by atoms with van der Waals surface area (Å²) in [7, 11) is -1.25. The van der Waals surface area contributed by atoms with Crippen molar-refractivity contribution in [1.82, 2.24) is 0 Å². The second-order valence-corrected chi connectivity index (χ2v) is 12.2. The van der Waals surface area contributed by atoms with Gasteiger partial charge in [0.25, 0.3) is 0 Å². The van der Waals surface area contributed by atoms with Crippen molar-refractivity contribution in [3.63, 3.8) is 0 Å². The van der Waals surface area contributed by atoms with Crippen molar-refractivity contribution in [1.29, 1.82) is 0 Å². The highest BCUT2D eigenvalue weighted by molar-refractivity contribution is 6.78. The van der Waals surface area contributed by atoms with Gasteiger partial charge in [-0.15, -0.1) is 0 Å². The van der Waals surface area contributed by atoms with Crippen molar-refractivity contribution < 1.29 is 0 Å². The molecule has 0 aliphatic heterocycles. The van der Waals surface area contributed by atoms with E-state index >= 15 is 0 Å². The summed E-state index contributed by atoms with van der Waals surface area (Å²) in [5.41, 5.74) is 7.82. The Morgan fingerprint density at radius 2 is 1.60 bits per heavy atom. The van der Waals surface area contributed by atoms with Crippen LogP contribution in [0.2, 0.25) is 19.6 Å². The van der Waals surface area contributed by atoms with Gasteiger partial charge in [0.2, 0.25) is 0 Å². The first-order chi connectivity index (χ1) is 9.48. The second kappa shape index (κ2) is 4.74. The van der Waals surface area contributed by atoms with Gasteiger partial charge >= 0.3 is 0 Å². The number of fused-ring (bicyclic) bond motifs is 1. The zero-order chi connectivity index (χ0) is 14.3. The summed E-state index contributed by atoms with van der Waals surface area (Å²) in [6.45, 7) is 9.63. The highest BCUT2D eigenvalue weighted by atomic mass is 28.3. The third kappa shape index (κ3) is 2.16. The summed E-state index contributed by atoms with van der Waals surface area (Å²) in [5.74, 6) is 0. The molecule has 3 rings (SSSR count). The van der Waals surface area contributed by atoms with Crippen LogP contribution in [0.1, 0.15) is 22.2 Å². The molecule has 1 aliphatic rings. The van der Waals surface area contributed by atoms with Crippen LogP contribution >= 0.6 is 0 Å². The minimum atomic E-state index is -1.25. The molecule has 1 heteroatoms. The first kappa shape index (κ1) is 13.4. The van der Waals surface area contributed by atoms with Gasteiger partial charge in [-0.2, -0.15) is 0 Å². The van der Waals surface area contributed by atoms with E-state index in [4.69, 9.17) is 0 Å². The Morgan fingerprint density at radius 1 is 0.900 bits per heavy atom. The van der Waals surface area contributed by atoms with Gasteiger partial charge in [0.1, 0.15) is 0 Å². The molecule has 0 saturated carbocycles. The van der Waals surface area contributed by atoms with E-state index < -0.39 is 8.07 Å². The van der Waals surface area contributed by atoms with Gasteiger partial charge in [0, 0.05) is 0 Å². The molecule has 0 spiro atoms. The van der Waals surface area contributed by atoms with E-state index in [-0.39, 0.29) is 0 Å². The van der Waals surface area contributed by atoms with Crippen molar-refractivity contribution in [2.75, 3.05) is 0 Å². The normalized spacial score (nSPS) is 17.3. The van der Waals surface area contributed by atoms with Gasteiger partial charge in [-0.3, -0.25) is 0 Å². The lowest BCUT2D eigenvalue weighted by Gasteiger charge is -2.27. The summed E-state index contributed by atoms with van der Waals surface area (Å²) >= 11 is 0. The van der Waals surface area contributed by atoms with Gasteiger partial charge < -0.3 is 0 Å². The van der Waals surface area contributed by atoms with Crippen molar-refractivity contribution in [3.05, 3.63) is 65.2 Å². The predicted octanol–water partition coefficient (Wildman–Crippen LogP) is 5.65. The van der Waals surface area contributed by atoms with Crippen molar-refractivity contribution in [2.45, 2.75) is 32.1 Å². The Morgan fingerprint density at radius 3 is 2.25 bits per heavy atom. The number of rotatable bonds is 2. The zero-order valence-corrected chi connectivity index (χ0v) is 13.8. The molecule has 102 valence electrons. The van der Waals surface area contributed by atoms with E-state index in [9.17, 15) is 0 Å². The van der Waals surface area contributed by atoms with Crippen LogP contribution in [0.3, 0.4) is 0 Å². The van der Waals surface area contributed by atoms with Crippen molar-refractivity contribution in [3.8, 4) is 11.1 Å². The van der Waals surface area contributed by atoms with Crippen molar-refractivity contribution in [2.24, 2.45) is 0 Å². The molecular formula is C19H22Si. The van der Waals surface area contributed by atoms with Crippen LogP contribution in [0.25, 0.3) is 17.2 Å². The van der Waals surface area contributed by atoms with Crippen LogP contribution in [0, 0.1) is 6.92 Å². The molecule has 0 amide bonds. The average molecular weight is 278 g/mol. The Bertz CT molecular complexity index is 660. The Balaban J connectivity index is 2.23. The average Bonchev–Trinajstić information content (AvgIpc) is 2.86. The fourth-order valence-electron chi connectivity index (χ4n) is 3.18. The first-order valence-corrected chi connectivity index (χ1v) is 10.9. The molecule has 20 heavy (non-hydrogen) atoms. The van der Waals surface area contributed by atoms with Crippen LogP contribution in [0.4, 0.5) is 0 Å². The predicted molar refractivity (Wildman–Crippen MR) is 91.7 cm³/mol. The van der Waals surface area contributed by atoms with Crippen molar-refractivity contribution >= 4 is 14.1 Å². The number of aryl methyl sites for hydroxylation is 1. The molecule has 0 radical (unpaired) electrons. The molecule has 0 saturated heterocycles. The van der Waals surface area contributed by atoms with Crippen LogP contribution in [0.5, 0.6) is 0 Å². The lowest BCUT2D eigenvalue weighted by Crippen LogP contribution is -2.29. The quantitative estimate of drug-likeness (QED) is 0.623. The molecule has 2 aromatic rings. The summed E-state index contributed by atoms with van der Waals surface area (Å²) in [4.78, 5) is 0. The van der Waals surface area contributed by atoms with Gasteiger partial charge in [0.15, 0.2) is 0 Å². The molecule has 0 bridgehead atoms. The number of hydrogen-bond acceptors (Lipinski definition) is 0. The number of allylic oxidation sites excluding steroid dienone is 1. The fraction of sp³-hybridized carbons (Fsp3) is 0.263. The van der Waals surface area contributed by atoms with E-state index in [2.05, 4.69) is 81.2 Å². The summed E-state index contributed by atoms with van der Waals surface area (Å²) in [6.07, 6.45) is 4.79. The lowest BCUT2D eigenvalue weighted by molar-refractivity contribution is 1.16. The van der Waals surface area contributed by atoms with E-state index in [1.54, 1.807) is 5.56 Å². The van der Waals surface area contributed by atoms with E-state index in [1.807, 2.05) is 0 Å². The third-order valence-electron chi connectivity index (χ3n) is 4.29. The zero-order valence-electron chi connectivity index (χ0n) is 12.8. The largest absolute Gasteiger partial charge is 0.0791 e. The van der Waals surface area contributed by atoms with E-state index in [0.717, 1.165) is 0 Å². The van der Waals surface area contributed by atoms with Gasteiger partial charge in [0.05, 0.1) is 8.07 Å². The Kier molecular flexibility index (Phi) is 3.18. The summed E-state index contributed by atoms with van der Waals surface area (Å²) in [5, 5.41) is 0. The summed E-state index contributed by atoms with van der Waals surface area (Å²) in [6, 6.07) is 15.4. The van der Waals surface area contributed by atoms with E-state index in [0.29, 0.717) is 5.54 Å². The SMILES string of the molecule is Cc1ccc(-c2ccccc2)c2c1C=CC2[Si](C)(C)C. The first-order valence-electron chi connectivity index (χ1n) is 7.35. The van der Waals surface area contributed by atoms with Crippen LogP contribution in [-0.2, 0) is 0 Å². The van der Waals surface area contributed by atoms with Gasteiger partial charge in [-0.25, -0.2) is 0 Å². The molecule has 0 aromatic heterocycles. The topological polar surface area (TPSA) is 0 Å². The van der Waals surface area contributed by atoms with Crippen LogP contribution in [0.15, 0.2) is 48.5 Å². The maximum Gasteiger partial charge on any atom is 0.0566 e. The molecule has 0 fully saturated rings. The highest BCUT2D eigenvalue weighted by Crippen LogP contribution is 2.43. The maximum absolute atomic E-state index is 2.47. The Labute approximate surface area is 123 Å². The standard InChI is InChI=1S/C19H22Si/c1-14-10-11-17(15-8-6-5-7-9-15)19-16(14)12-13-18(19)20(2,3)4/h5-13,18H,1-4H3. The molecule has 0 N–H and O–H groups in total. The smallest absolute Gasteiger partial charge is 0.0566 e. The monoisotopic (exact) mass is 278 g/mol. The summed E-state index contributed by atoms with van der Waals surface area (Å²) < 4.78 is 0. The highest BCUT2D eigenvalue weighted by Gasteiger charge is 2.32. The Hall–Kier alpha value is -1.60. The van der Waals surface area contributed by atoms with Crippen LogP contribution in [-0.4, -0.2) is 8.07 Å². The molecular weight excluding hydrogens is 256 g/mol. The lowest BCUT2D eigenvalue weighted by atomic mass is 9.93. The number of hydrogen-bond donors (Lipinski definition) is 0. The molecule has 0 nitrogen and oxygen atoms in total. The third-order valence-corrected chi connectivity index (χ3v) is 6.64. The van der Waals surface area contributed by atoms with Gasteiger partial charge in [-0.1, -0.05) is 74.3 Å². The molecule has 1 atom stereocenters. The molecule has 2 aromatic carbocycles. The molecule has 1 unspecified atom stereocenters. The molecule has 0 heterocycles. The fourth-order valence-corrected chi connectivity index (χ4v) is 5.03. The van der Waals surface area contributed by atoms with E-state index in [1.165, 1.54) is 22.3 Å². The minimum absolute atomic E-state index is 0.632. The minimum Gasteiger partial charge on any atom is -0.0791 e.